The van der Waals surface area contributed by atoms with Crippen molar-refractivity contribution in [3.8, 4) is 0 Å². The summed E-state index contributed by atoms with van der Waals surface area (Å²) < 4.78 is 203. The summed E-state index contributed by atoms with van der Waals surface area (Å²) in [6, 6.07) is 0. The van der Waals surface area contributed by atoms with Gasteiger partial charge >= 0.3 is 0 Å². The van der Waals surface area contributed by atoms with Gasteiger partial charge in [0.2, 0.25) is 0 Å². The molecule has 0 amide bonds. The molecule has 0 aromatic carbocycles. The molecule has 0 aromatic heterocycles. The highest BCUT2D eigenvalue weighted by Gasteiger charge is 2.13. The van der Waals surface area contributed by atoms with Gasteiger partial charge in [-0.3, -0.25) is 0 Å². The number of rotatable bonds is 22. The van der Waals surface area contributed by atoms with Crippen LogP contribution in [0.2, 0.25) is 0 Å². The normalized spacial score (nSPS) is 32.0. The standard InChI is InChI=1S/C26H56N/c1-5-7-9-11-13-15-17-19-21-23-25-27(3,4)26-24-22-20-18-16-14-12-10-8-6-2/h5-26H2,1-4H3/q+1/i1D3,5D2,7D2,9D2,11D2,13D2,15D2,17D2,19D2,21D2,23D2,25D2. The Labute approximate surface area is 209 Å². The maximum Gasteiger partial charge on any atom is 0.0924 e. The van der Waals surface area contributed by atoms with Crippen LogP contribution in [0.3, 0.4) is 0 Å². The van der Waals surface area contributed by atoms with Crippen LogP contribution in [0.4, 0.5) is 0 Å². The fourth-order valence-corrected chi connectivity index (χ4v) is 2.48. The molecule has 0 bridgehead atoms. The average molecular weight is 408 g/mol. The van der Waals surface area contributed by atoms with Gasteiger partial charge < -0.3 is 4.48 Å². The predicted octanol–water partition coefficient (Wildman–Crippen LogP) is 8.90. The van der Waals surface area contributed by atoms with Crippen molar-refractivity contribution in [1.82, 2.24) is 0 Å². The zero-order valence-corrected chi connectivity index (χ0v) is 17.2. The molecule has 0 rings (SSSR count). The fourth-order valence-electron chi connectivity index (χ4n) is 2.48. The summed E-state index contributed by atoms with van der Waals surface area (Å²) in [5.74, 6) is 0. The molecule has 0 radical (unpaired) electrons. The summed E-state index contributed by atoms with van der Waals surface area (Å²) in [6.45, 7) is -5.32. The lowest BCUT2D eigenvalue weighted by Crippen LogP contribution is -2.41. The van der Waals surface area contributed by atoms with Gasteiger partial charge in [-0.15, -0.1) is 0 Å². The Morgan fingerprint density at radius 1 is 0.593 bits per heavy atom. The summed E-state index contributed by atoms with van der Waals surface area (Å²) in [5, 5.41) is 0. The highest BCUT2D eigenvalue weighted by molar-refractivity contribution is 4.50. The number of hydrogen-bond donors (Lipinski definition) is 0. The molecule has 0 aliphatic heterocycles. The quantitative estimate of drug-likeness (QED) is 0.124. The summed E-state index contributed by atoms with van der Waals surface area (Å²) in [4.78, 5) is 0. The Kier molecular flexibility index (Phi) is 5.36. The van der Waals surface area contributed by atoms with Gasteiger partial charge in [0.05, 0.1) is 29.9 Å². The second-order valence-corrected chi connectivity index (χ2v) is 6.95. The largest absolute Gasteiger partial charge is 0.328 e. The number of quaternary nitrogens is 1. The number of hydrogen-bond acceptors (Lipinski definition) is 0. The van der Waals surface area contributed by atoms with Crippen LogP contribution in [-0.4, -0.2) is 31.6 Å². The first kappa shape index (κ1) is 7.00. The highest BCUT2D eigenvalue weighted by atomic mass is 15.3. The highest BCUT2D eigenvalue weighted by Crippen LogP contribution is 2.14. The van der Waals surface area contributed by atoms with E-state index in [0.29, 0.717) is 12.8 Å². The molecule has 1 heteroatoms. The average Bonchev–Trinajstić information content (AvgIpc) is 2.96. The van der Waals surface area contributed by atoms with E-state index in [1.165, 1.54) is 20.5 Å². The fraction of sp³-hybridized carbons (Fsp3) is 1.00. The van der Waals surface area contributed by atoms with E-state index in [1.807, 2.05) is 0 Å². The van der Waals surface area contributed by atoms with Crippen LogP contribution in [0.5, 0.6) is 0 Å². The predicted molar refractivity (Wildman–Crippen MR) is 126 cm³/mol. The molecule has 0 heterocycles. The van der Waals surface area contributed by atoms with Crippen molar-refractivity contribution in [2.45, 2.75) is 142 Å². The minimum absolute atomic E-state index is 0.0839. The van der Waals surface area contributed by atoms with Crippen LogP contribution in [0.25, 0.3) is 0 Å². The van der Waals surface area contributed by atoms with Crippen LogP contribution >= 0.6 is 0 Å². The molecular weight excluding hydrogens is 326 g/mol. The van der Waals surface area contributed by atoms with Gasteiger partial charge in [0, 0.05) is 31.5 Å². The van der Waals surface area contributed by atoms with Crippen molar-refractivity contribution in [2.24, 2.45) is 0 Å². The van der Waals surface area contributed by atoms with E-state index < -0.39 is 81.6 Å². The Morgan fingerprint density at radius 2 is 1.04 bits per heavy atom. The van der Waals surface area contributed by atoms with Crippen molar-refractivity contribution in [3.05, 3.63) is 0 Å². The molecule has 1 nitrogen and oxygen atoms in total. The third-order valence-corrected chi connectivity index (χ3v) is 3.99. The monoisotopic (exact) mass is 408 g/mol. The van der Waals surface area contributed by atoms with Gasteiger partial charge in [-0.2, -0.15) is 0 Å². The van der Waals surface area contributed by atoms with E-state index in [2.05, 4.69) is 6.92 Å². The van der Waals surface area contributed by atoms with E-state index in [0.717, 1.165) is 44.9 Å². The molecule has 0 spiro atoms. The van der Waals surface area contributed by atoms with Crippen molar-refractivity contribution in [1.29, 1.82) is 0 Å². The minimum atomic E-state index is -4.79. The van der Waals surface area contributed by atoms with Gasteiger partial charge in [0.25, 0.3) is 0 Å². The zero-order valence-electron chi connectivity index (χ0n) is 42.2. The van der Waals surface area contributed by atoms with Crippen molar-refractivity contribution in [2.75, 3.05) is 27.1 Å². The lowest BCUT2D eigenvalue weighted by atomic mass is 10.1. The van der Waals surface area contributed by atoms with Gasteiger partial charge in [-0.05, 0) is 25.6 Å². The number of unbranched alkanes of at least 4 members (excludes halogenated alkanes) is 9. The summed E-state index contributed by atoms with van der Waals surface area (Å²) >= 11 is 0. The zero-order chi connectivity index (χ0) is 42.3. The Balaban J connectivity index is 6.67. The van der Waals surface area contributed by atoms with Gasteiger partial charge in [0.15, 0.2) is 0 Å². The molecule has 164 valence electrons. The topological polar surface area (TPSA) is 0 Å². The molecule has 0 aliphatic carbocycles. The second-order valence-electron chi connectivity index (χ2n) is 6.95. The third kappa shape index (κ3) is 22.1. The maximum atomic E-state index is 8.67. The number of nitrogens with zero attached hydrogens (tertiary/aromatic N) is 1. The molecule has 27 heavy (non-hydrogen) atoms. The molecule has 0 N–H and O–H groups in total. The first-order valence-electron chi connectivity index (χ1n) is 22.4. The molecule has 0 aromatic rings. The molecule has 0 unspecified atom stereocenters. The molecule has 0 saturated heterocycles. The summed E-state index contributed by atoms with van der Waals surface area (Å²) in [7, 11) is 2.40. The SMILES string of the molecule is [2H]C([2H])([2H])C([2H])([2H])C([2H])([2H])C([2H])([2H])C([2H])([2H])C([2H])([2H])C([2H])([2H])C([2H])([2H])C([2H])([2H])C([2H])([2H])C([2H])([2H])C([2H])([2H])[N+](C)(C)CCCCCCCCCCCC. The van der Waals surface area contributed by atoms with Crippen molar-refractivity contribution < 1.29 is 38.8 Å². The first-order chi connectivity index (χ1) is 22.6. The first-order valence-corrected chi connectivity index (χ1v) is 9.89. The molecule has 0 fully saturated rings. The molecule has 0 atom stereocenters. The van der Waals surface area contributed by atoms with E-state index in [4.69, 9.17) is 34.3 Å². The van der Waals surface area contributed by atoms with Crippen LogP contribution in [0.15, 0.2) is 0 Å². The smallest absolute Gasteiger partial charge is 0.0924 e. The Hall–Kier alpha value is -0.0400. The molecule has 0 aliphatic rings. The van der Waals surface area contributed by atoms with E-state index in [9.17, 15) is 0 Å². The molecular formula is C26H56N+. The Morgan fingerprint density at radius 3 is 1.56 bits per heavy atom. The van der Waals surface area contributed by atoms with Crippen LogP contribution in [-0.2, 0) is 0 Å². The maximum absolute atomic E-state index is 8.67. The Bertz CT molecular complexity index is 1150. The van der Waals surface area contributed by atoms with Crippen LogP contribution in [0, 0.1) is 0 Å². The van der Waals surface area contributed by atoms with Crippen LogP contribution < -0.4 is 0 Å². The van der Waals surface area contributed by atoms with Gasteiger partial charge in [-0.25, -0.2) is 0 Å². The van der Waals surface area contributed by atoms with Gasteiger partial charge in [-0.1, -0.05) is 116 Å². The van der Waals surface area contributed by atoms with E-state index >= 15 is 0 Å². The van der Waals surface area contributed by atoms with Crippen molar-refractivity contribution >= 4 is 0 Å². The second kappa shape index (κ2) is 20.7. The van der Waals surface area contributed by atoms with E-state index in [1.54, 1.807) is 0 Å². The lowest BCUT2D eigenvalue weighted by molar-refractivity contribution is -0.890. The van der Waals surface area contributed by atoms with Crippen LogP contribution in [0.1, 0.15) is 176 Å². The van der Waals surface area contributed by atoms with E-state index in [-0.39, 0.29) is 6.54 Å². The summed E-state index contributed by atoms with van der Waals surface area (Å²) in [5.41, 5.74) is 0. The van der Waals surface area contributed by atoms with Crippen molar-refractivity contribution in [3.63, 3.8) is 0 Å². The molecule has 0 saturated carbocycles. The van der Waals surface area contributed by atoms with Gasteiger partial charge in [0.1, 0.15) is 0 Å². The minimum Gasteiger partial charge on any atom is -0.328 e. The third-order valence-electron chi connectivity index (χ3n) is 3.99. The lowest BCUT2D eigenvalue weighted by Gasteiger charge is -2.30. The summed E-state index contributed by atoms with van der Waals surface area (Å²) in [6.07, 6.45) is -36.1.